The summed E-state index contributed by atoms with van der Waals surface area (Å²) in [6.45, 7) is 4.22. The van der Waals surface area contributed by atoms with Crippen LogP contribution in [-0.4, -0.2) is 4.57 Å². The maximum atomic E-state index is 4.22. The molecule has 0 aliphatic rings. The number of aromatic nitrogens is 1. The van der Waals surface area contributed by atoms with Crippen LogP contribution in [0.15, 0.2) is 53.0 Å². The molecule has 101 valence electrons. The molecule has 0 fully saturated rings. The van der Waals surface area contributed by atoms with Gasteiger partial charge in [-0.2, -0.15) is 18.6 Å². The van der Waals surface area contributed by atoms with E-state index in [1.54, 1.807) is 0 Å². The summed E-state index contributed by atoms with van der Waals surface area (Å²) in [5.41, 5.74) is 3.61. The third kappa shape index (κ3) is 2.16. The van der Waals surface area contributed by atoms with Gasteiger partial charge in [0.25, 0.3) is 0 Å². The normalized spacial score (nSPS) is 11.1. The fourth-order valence-corrected chi connectivity index (χ4v) is 3.50. The minimum absolute atomic E-state index is 0. The van der Waals surface area contributed by atoms with Crippen LogP contribution in [0.3, 0.4) is 0 Å². The predicted molar refractivity (Wildman–Crippen MR) is 90.1 cm³/mol. The Kier molecular flexibility index (Phi) is 3.90. The molecule has 0 saturated heterocycles. The average molecular weight is 412 g/mol. The summed E-state index contributed by atoms with van der Waals surface area (Å²) in [7, 11) is 2.13. The Labute approximate surface area is 157 Å². The molecule has 1 radical (unpaired) electrons. The van der Waals surface area contributed by atoms with Crippen molar-refractivity contribution in [2.45, 2.75) is 0 Å². The van der Waals surface area contributed by atoms with Crippen LogP contribution < -0.4 is 0 Å². The second-order valence-corrected chi connectivity index (χ2v) is 6.11. The first-order valence-corrected chi connectivity index (χ1v) is 7.37. The second kappa shape index (κ2) is 5.42. The first kappa shape index (κ1) is 15.1. The number of rotatable bonds is 0. The zero-order valence-electron chi connectivity index (χ0n) is 11.7. The molecular formula is C18H13BrNY-. The molecule has 0 aliphatic carbocycles. The van der Waals surface area contributed by atoms with E-state index in [0.29, 0.717) is 0 Å². The quantitative estimate of drug-likeness (QED) is 0.340. The van der Waals surface area contributed by atoms with Crippen molar-refractivity contribution in [3.63, 3.8) is 0 Å². The molecule has 0 bridgehead atoms. The van der Waals surface area contributed by atoms with Crippen molar-refractivity contribution < 1.29 is 32.7 Å². The fraction of sp³-hybridized carbons (Fsp3) is 0.0556. The molecule has 1 nitrogen and oxygen atoms in total. The first-order chi connectivity index (χ1) is 9.66. The van der Waals surface area contributed by atoms with Gasteiger partial charge in [0.15, 0.2) is 0 Å². The van der Waals surface area contributed by atoms with Crippen molar-refractivity contribution in [1.82, 2.24) is 4.57 Å². The molecule has 0 unspecified atom stereocenters. The zero-order chi connectivity index (χ0) is 13.9. The van der Waals surface area contributed by atoms with Crippen molar-refractivity contribution in [2.24, 2.45) is 7.05 Å². The summed E-state index contributed by atoms with van der Waals surface area (Å²) in [5, 5.41) is 5.04. The molecule has 1 heterocycles. The second-order valence-electron chi connectivity index (χ2n) is 5.20. The number of fused-ring (bicyclic) bond motifs is 5. The third-order valence-electron chi connectivity index (χ3n) is 4.05. The van der Waals surface area contributed by atoms with E-state index in [9.17, 15) is 0 Å². The van der Waals surface area contributed by atoms with Crippen LogP contribution in [0.2, 0.25) is 0 Å². The van der Waals surface area contributed by atoms with Gasteiger partial charge in [-0.1, -0.05) is 39.5 Å². The number of halogens is 1. The van der Waals surface area contributed by atoms with Gasteiger partial charge in [0, 0.05) is 55.3 Å². The predicted octanol–water partition coefficient (Wildman–Crippen LogP) is 5.43. The van der Waals surface area contributed by atoms with E-state index >= 15 is 0 Å². The monoisotopic (exact) mass is 411 g/mol. The number of nitrogens with zero attached hydrogens (tertiary/aromatic N) is 1. The van der Waals surface area contributed by atoms with E-state index in [1.807, 2.05) is 0 Å². The molecular weight excluding hydrogens is 399 g/mol. The zero-order valence-corrected chi connectivity index (χ0v) is 16.2. The van der Waals surface area contributed by atoms with Crippen LogP contribution in [-0.2, 0) is 39.8 Å². The topological polar surface area (TPSA) is 4.93 Å². The Morgan fingerprint density at radius 2 is 1.62 bits per heavy atom. The van der Waals surface area contributed by atoms with Gasteiger partial charge in [0.2, 0.25) is 0 Å². The maximum Gasteiger partial charge on any atom is 0.0478 e. The van der Waals surface area contributed by atoms with Crippen molar-refractivity contribution in [3.8, 4) is 0 Å². The Morgan fingerprint density at radius 1 is 0.905 bits per heavy atom. The van der Waals surface area contributed by atoms with E-state index in [1.165, 1.54) is 32.6 Å². The molecule has 0 saturated carbocycles. The van der Waals surface area contributed by atoms with Crippen molar-refractivity contribution in [3.05, 3.63) is 65.5 Å². The van der Waals surface area contributed by atoms with Crippen LogP contribution in [0.25, 0.3) is 32.6 Å². The molecule has 0 spiro atoms. The van der Waals surface area contributed by atoms with Crippen LogP contribution in [0, 0.1) is 6.92 Å². The Hall–Kier alpha value is -0.826. The number of hydrogen-bond acceptors (Lipinski definition) is 0. The first-order valence-electron chi connectivity index (χ1n) is 6.58. The molecule has 0 amide bonds. The molecule has 0 atom stereocenters. The summed E-state index contributed by atoms with van der Waals surface area (Å²) >= 11 is 3.57. The van der Waals surface area contributed by atoms with Gasteiger partial charge < -0.3 is 4.57 Å². The van der Waals surface area contributed by atoms with Gasteiger partial charge in [-0.25, -0.2) is 0 Å². The van der Waals surface area contributed by atoms with Gasteiger partial charge in [0.05, 0.1) is 0 Å². The molecule has 1 aromatic heterocycles. The minimum Gasteiger partial charge on any atom is -0.345 e. The molecule has 3 heteroatoms. The molecule has 0 aliphatic heterocycles. The van der Waals surface area contributed by atoms with E-state index in [4.69, 9.17) is 0 Å². The van der Waals surface area contributed by atoms with Gasteiger partial charge in [-0.3, -0.25) is 0 Å². The van der Waals surface area contributed by atoms with Gasteiger partial charge >= 0.3 is 0 Å². The molecule has 4 aromatic rings. The summed E-state index contributed by atoms with van der Waals surface area (Å²) in [6.07, 6.45) is 0. The summed E-state index contributed by atoms with van der Waals surface area (Å²) in [5.74, 6) is 0. The number of hydrogen-bond donors (Lipinski definition) is 0. The summed E-state index contributed by atoms with van der Waals surface area (Å²) < 4.78 is 3.38. The van der Waals surface area contributed by atoms with E-state index in [2.05, 4.69) is 83.0 Å². The average Bonchev–Trinajstić information content (AvgIpc) is 2.72. The van der Waals surface area contributed by atoms with Crippen LogP contribution in [0.1, 0.15) is 5.56 Å². The van der Waals surface area contributed by atoms with Gasteiger partial charge in [0.1, 0.15) is 0 Å². The molecule has 0 N–H and O–H groups in total. The Bertz CT molecular complexity index is 985. The van der Waals surface area contributed by atoms with Crippen molar-refractivity contribution in [1.29, 1.82) is 0 Å². The summed E-state index contributed by atoms with van der Waals surface area (Å²) in [4.78, 5) is 0. The van der Waals surface area contributed by atoms with E-state index in [0.717, 1.165) is 10.0 Å². The minimum atomic E-state index is 0. The molecule has 4 rings (SSSR count). The molecule has 3 aromatic carbocycles. The standard InChI is InChI=1S/C18H13BrN.Y/c1-11-9-16-15-10-12(19)7-8-17(15)20(2)18(16)14-6-4-3-5-13(11)14;/h3-10H,1H2,2H3;/q-1;. The third-order valence-corrected chi connectivity index (χ3v) is 4.54. The van der Waals surface area contributed by atoms with Gasteiger partial charge in [-0.15, -0.1) is 11.5 Å². The van der Waals surface area contributed by atoms with Crippen LogP contribution in [0.4, 0.5) is 0 Å². The van der Waals surface area contributed by atoms with Crippen molar-refractivity contribution >= 4 is 48.5 Å². The van der Waals surface area contributed by atoms with E-state index in [-0.39, 0.29) is 32.7 Å². The van der Waals surface area contributed by atoms with Gasteiger partial charge in [-0.05, 0) is 29.0 Å². The Morgan fingerprint density at radius 3 is 2.38 bits per heavy atom. The van der Waals surface area contributed by atoms with Crippen LogP contribution in [0.5, 0.6) is 0 Å². The number of aryl methyl sites for hydroxylation is 1. The largest absolute Gasteiger partial charge is 0.345 e. The van der Waals surface area contributed by atoms with E-state index < -0.39 is 0 Å². The summed E-state index contributed by atoms with van der Waals surface area (Å²) in [6, 6.07) is 17.1. The smallest absolute Gasteiger partial charge is 0.0478 e. The SMILES string of the molecule is [CH2-]c1cc2c3cc(Br)ccc3n(C)c2c2ccccc12.[Y]. The fourth-order valence-electron chi connectivity index (χ4n) is 3.14. The number of benzene rings is 3. The maximum absolute atomic E-state index is 4.22. The van der Waals surface area contributed by atoms with Crippen LogP contribution >= 0.6 is 15.9 Å². The Balaban J connectivity index is 0.00000132. The van der Waals surface area contributed by atoms with Crippen molar-refractivity contribution in [2.75, 3.05) is 0 Å². The molecule has 21 heavy (non-hydrogen) atoms.